The van der Waals surface area contributed by atoms with Crippen molar-refractivity contribution in [3.8, 4) is 0 Å². The van der Waals surface area contributed by atoms with E-state index in [4.69, 9.17) is 0 Å². The highest BCUT2D eigenvalue weighted by Crippen LogP contribution is 2.17. The van der Waals surface area contributed by atoms with Crippen LogP contribution in [-0.2, 0) is 4.79 Å². The van der Waals surface area contributed by atoms with Crippen LogP contribution in [-0.4, -0.2) is 22.8 Å². The van der Waals surface area contributed by atoms with Gasteiger partial charge in [-0.25, -0.2) is 0 Å². The highest BCUT2D eigenvalue weighted by Gasteiger charge is 2.27. The molecule has 0 aliphatic carbocycles. The van der Waals surface area contributed by atoms with E-state index in [1.165, 1.54) is 0 Å². The Morgan fingerprint density at radius 1 is 1.60 bits per heavy atom. The van der Waals surface area contributed by atoms with Crippen LogP contribution in [0, 0.1) is 7.05 Å². The van der Waals surface area contributed by atoms with Crippen molar-refractivity contribution in [2.75, 3.05) is 0 Å². The molecule has 1 aliphatic heterocycles. The first kappa shape index (κ1) is 7.73. The topological polar surface area (TPSA) is 20.3 Å². The Morgan fingerprint density at radius 2 is 2.20 bits per heavy atom. The first-order chi connectivity index (χ1) is 4.63. The van der Waals surface area contributed by atoms with Crippen molar-refractivity contribution in [3.63, 3.8) is 0 Å². The van der Waals surface area contributed by atoms with Crippen molar-refractivity contribution >= 4 is 5.78 Å². The van der Waals surface area contributed by atoms with Crippen LogP contribution < -0.4 is 0 Å². The van der Waals surface area contributed by atoms with Crippen molar-refractivity contribution in [1.82, 2.24) is 4.90 Å². The minimum atomic E-state index is 0.0312. The van der Waals surface area contributed by atoms with E-state index in [1.807, 2.05) is 11.8 Å². The molecule has 0 spiro atoms. The molecule has 0 N–H and O–H groups in total. The third kappa shape index (κ3) is 1.21. The Labute approximate surface area is 62.2 Å². The average molecular weight is 140 g/mol. The Hall–Kier alpha value is -0.370. The summed E-state index contributed by atoms with van der Waals surface area (Å²) in [5.74, 6) is 0.327. The van der Waals surface area contributed by atoms with Crippen molar-refractivity contribution in [2.45, 2.75) is 38.8 Å². The van der Waals surface area contributed by atoms with Crippen LogP contribution >= 0.6 is 0 Å². The molecule has 10 heavy (non-hydrogen) atoms. The lowest BCUT2D eigenvalue weighted by atomic mass is 9.97. The number of Topliss-reactive ketones (excluding diaryl/α,β-unsaturated/α-hetero) is 1. The summed E-state index contributed by atoms with van der Waals surface area (Å²) < 4.78 is 0. The van der Waals surface area contributed by atoms with Crippen LogP contribution in [0.15, 0.2) is 0 Å². The summed E-state index contributed by atoms with van der Waals surface area (Å²) in [6, 6.07) is 0.497. The molecule has 0 amide bonds. The fourth-order valence-electron chi connectivity index (χ4n) is 1.29. The second-order valence-electron chi connectivity index (χ2n) is 3.04. The minimum Gasteiger partial charge on any atom is -0.298 e. The molecule has 1 saturated heterocycles. The molecule has 2 heteroatoms. The summed E-state index contributed by atoms with van der Waals surface area (Å²) in [7, 11) is 3.82. The molecule has 0 aromatic rings. The number of rotatable bonds is 0. The third-order valence-corrected chi connectivity index (χ3v) is 2.34. The Balaban J connectivity index is 2.60. The summed E-state index contributed by atoms with van der Waals surface area (Å²) in [6.07, 6.45) is 1.70. The number of hydrogen-bond acceptors (Lipinski definition) is 2. The molecule has 1 radical (unpaired) electrons. The molecule has 1 heterocycles. The van der Waals surface area contributed by atoms with Crippen LogP contribution in [0.25, 0.3) is 0 Å². The normalized spacial score (nSPS) is 36.5. The zero-order valence-electron chi connectivity index (χ0n) is 6.63. The van der Waals surface area contributed by atoms with E-state index >= 15 is 0 Å². The SMILES string of the molecule is [CH2]N1C(C)CCC(=O)C1C. The second kappa shape index (κ2) is 2.70. The molecular weight excluding hydrogens is 126 g/mol. The molecule has 2 unspecified atom stereocenters. The number of carbonyl (C=O) groups is 1. The smallest absolute Gasteiger partial charge is 0.149 e. The summed E-state index contributed by atoms with van der Waals surface area (Å²) >= 11 is 0. The Bertz CT molecular complexity index is 144. The molecular formula is C8H14NO. The van der Waals surface area contributed by atoms with Crippen molar-refractivity contribution in [3.05, 3.63) is 7.05 Å². The van der Waals surface area contributed by atoms with Gasteiger partial charge in [-0.15, -0.1) is 0 Å². The lowest BCUT2D eigenvalue weighted by Gasteiger charge is -2.34. The number of hydrogen-bond donors (Lipinski definition) is 0. The number of piperidine rings is 1. The number of likely N-dealkylation sites (tertiary alicyclic amines) is 1. The van der Waals surface area contributed by atoms with Gasteiger partial charge in [0.2, 0.25) is 0 Å². The van der Waals surface area contributed by atoms with Gasteiger partial charge in [-0.1, -0.05) is 0 Å². The molecule has 0 bridgehead atoms. The van der Waals surface area contributed by atoms with Crippen molar-refractivity contribution in [2.24, 2.45) is 0 Å². The summed E-state index contributed by atoms with van der Waals surface area (Å²) in [4.78, 5) is 13.0. The van der Waals surface area contributed by atoms with Gasteiger partial charge in [0.25, 0.3) is 0 Å². The van der Waals surface area contributed by atoms with E-state index < -0.39 is 0 Å². The van der Waals surface area contributed by atoms with Gasteiger partial charge < -0.3 is 0 Å². The maximum absolute atomic E-state index is 11.1. The fraction of sp³-hybridized carbons (Fsp3) is 0.750. The quantitative estimate of drug-likeness (QED) is 0.504. The van der Waals surface area contributed by atoms with E-state index in [0.29, 0.717) is 11.8 Å². The Kier molecular flexibility index (Phi) is 2.09. The molecule has 0 aromatic heterocycles. The zero-order valence-corrected chi connectivity index (χ0v) is 6.63. The van der Waals surface area contributed by atoms with E-state index in [0.717, 1.165) is 12.8 Å². The van der Waals surface area contributed by atoms with E-state index in [1.54, 1.807) is 0 Å². The highest BCUT2D eigenvalue weighted by molar-refractivity contribution is 5.84. The van der Waals surface area contributed by atoms with Gasteiger partial charge in [0.05, 0.1) is 6.04 Å². The van der Waals surface area contributed by atoms with Crippen LogP contribution in [0.3, 0.4) is 0 Å². The van der Waals surface area contributed by atoms with Crippen LogP contribution in [0.1, 0.15) is 26.7 Å². The highest BCUT2D eigenvalue weighted by atomic mass is 16.1. The summed E-state index contributed by atoms with van der Waals surface area (Å²) in [5.41, 5.74) is 0. The first-order valence-electron chi connectivity index (χ1n) is 3.74. The van der Waals surface area contributed by atoms with Gasteiger partial charge in [0.15, 0.2) is 0 Å². The maximum Gasteiger partial charge on any atom is 0.149 e. The summed E-state index contributed by atoms with van der Waals surface area (Å²) in [5, 5.41) is 0. The molecule has 2 nitrogen and oxygen atoms in total. The molecule has 0 saturated carbocycles. The second-order valence-corrected chi connectivity index (χ2v) is 3.04. The monoisotopic (exact) mass is 140 g/mol. The van der Waals surface area contributed by atoms with Gasteiger partial charge in [-0.2, -0.15) is 0 Å². The first-order valence-corrected chi connectivity index (χ1v) is 3.74. The minimum absolute atomic E-state index is 0.0312. The number of ketones is 1. The van der Waals surface area contributed by atoms with Gasteiger partial charge in [0.1, 0.15) is 5.78 Å². The zero-order chi connectivity index (χ0) is 7.72. The van der Waals surface area contributed by atoms with Gasteiger partial charge in [-0.05, 0) is 20.3 Å². The predicted octanol–water partition coefficient (Wildman–Crippen LogP) is 1.22. The van der Waals surface area contributed by atoms with E-state index in [9.17, 15) is 4.79 Å². The van der Waals surface area contributed by atoms with Gasteiger partial charge >= 0.3 is 0 Å². The lowest BCUT2D eigenvalue weighted by molar-refractivity contribution is -0.126. The maximum atomic E-state index is 11.1. The van der Waals surface area contributed by atoms with Crippen molar-refractivity contribution in [1.29, 1.82) is 0 Å². The fourth-order valence-corrected chi connectivity index (χ4v) is 1.29. The molecule has 1 fully saturated rings. The van der Waals surface area contributed by atoms with Gasteiger partial charge in [0, 0.05) is 19.5 Å². The van der Waals surface area contributed by atoms with Gasteiger partial charge in [-0.3, -0.25) is 9.69 Å². The molecule has 0 aromatic carbocycles. The predicted molar refractivity (Wildman–Crippen MR) is 40.4 cm³/mol. The largest absolute Gasteiger partial charge is 0.298 e. The molecule has 2 atom stereocenters. The van der Waals surface area contributed by atoms with Crippen LogP contribution in [0.4, 0.5) is 0 Å². The average Bonchev–Trinajstić information content (AvgIpc) is 1.93. The van der Waals surface area contributed by atoms with E-state index in [2.05, 4.69) is 14.0 Å². The third-order valence-electron chi connectivity index (χ3n) is 2.34. The number of nitrogens with zero attached hydrogens (tertiary/aromatic N) is 1. The van der Waals surface area contributed by atoms with Crippen LogP contribution in [0.5, 0.6) is 0 Å². The molecule has 57 valence electrons. The Morgan fingerprint density at radius 3 is 2.70 bits per heavy atom. The van der Waals surface area contributed by atoms with E-state index in [-0.39, 0.29) is 6.04 Å². The molecule has 1 rings (SSSR count). The lowest BCUT2D eigenvalue weighted by Crippen LogP contribution is -2.44. The number of carbonyl (C=O) groups excluding carboxylic acids is 1. The molecule has 1 aliphatic rings. The summed E-state index contributed by atoms with van der Waals surface area (Å²) in [6.45, 7) is 4.03. The van der Waals surface area contributed by atoms with Crippen LogP contribution in [0.2, 0.25) is 0 Å². The van der Waals surface area contributed by atoms with Crippen molar-refractivity contribution < 1.29 is 4.79 Å². The standard InChI is InChI=1S/C8H14NO/c1-6-4-5-8(10)7(2)9(6)3/h6-7H,3-5H2,1-2H3.